The number of pyridine rings is 1. The van der Waals surface area contributed by atoms with E-state index >= 15 is 0 Å². The van der Waals surface area contributed by atoms with Crippen LogP contribution in [0.1, 0.15) is 56.8 Å². The minimum atomic E-state index is 0.0156. The minimum absolute atomic E-state index is 0.0156. The SMILES string of the molecule is CCC(CC)CNC(=O)c1cc(N2CCC[C@H](C)C2)nc2ccccc12. The largest absolute Gasteiger partial charge is 0.356 e. The van der Waals surface area contributed by atoms with Gasteiger partial charge in [0.25, 0.3) is 5.91 Å². The summed E-state index contributed by atoms with van der Waals surface area (Å²) in [5.74, 6) is 2.16. The number of hydrogen-bond donors (Lipinski definition) is 1. The maximum atomic E-state index is 12.9. The van der Waals surface area contributed by atoms with Gasteiger partial charge in [-0.25, -0.2) is 4.98 Å². The Morgan fingerprint density at radius 1 is 1.31 bits per heavy atom. The molecule has 1 saturated heterocycles. The maximum Gasteiger partial charge on any atom is 0.252 e. The minimum Gasteiger partial charge on any atom is -0.356 e. The van der Waals surface area contributed by atoms with Crippen molar-refractivity contribution in [3.63, 3.8) is 0 Å². The standard InChI is InChI=1S/C22H31N3O/c1-4-17(5-2)14-23-22(26)19-13-21(25-12-8-9-16(3)15-25)24-20-11-7-6-10-18(19)20/h6-7,10-11,13,16-17H,4-5,8-9,12,14-15H2,1-3H3,(H,23,26)/t16-/m0/s1. The van der Waals surface area contributed by atoms with E-state index in [0.717, 1.165) is 54.8 Å². The van der Waals surface area contributed by atoms with Gasteiger partial charge in [-0.1, -0.05) is 51.8 Å². The summed E-state index contributed by atoms with van der Waals surface area (Å²) in [7, 11) is 0. The van der Waals surface area contributed by atoms with Crippen LogP contribution in [0.2, 0.25) is 0 Å². The number of nitrogens with zero attached hydrogens (tertiary/aromatic N) is 2. The number of hydrogen-bond acceptors (Lipinski definition) is 3. The second kappa shape index (κ2) is 8.52. The third-order valence-electron chi connectivity index (χ3n) is 5.63. The number of benzene rings is 1. The molecule has 1 aromatic carbocycles. The summed E-state index contributed by atoms with van der Waals surface area (Å²) >= 11 is 0. The molecule has 0 radical (unpaired) electrons. The van der Waals surface area contributed by atoms with E-state index < -0.39 is 0 Å². The monoisotopic (exact) mass is 353 g/mol. The zero-order valence-electron chi connectivity index (χ0n) is 16.3. The van der Waals surface area contributed by atoms with E-state index in [4.69, 9.17) is 4.98 Å². The molecule has 0 bridgehead atoms. The predicted molar refractivity (Wildman–Crippen MR) is 109 cm³/mol. The van der Waals surface area contributed by atoms with Crippen LogP contribution in [0.3, 0.4) is 0 Å². The van der Waals surface area contributed by atoms with Crippen LogP contribution >= 0.6 is 0 Å². The topological polar surface area (TPSA) is 45.2 Å². The average Bonchev–Trinajstić information content (AvgIpc) is 2.67. The quantitative estimate of drug-likeness (QED) is 0.823. The molecular formula is C22H31N3O. The van der Waals surface area contributed by atoms with Gasteiger partial charge >= 0.3 is 0 Å². The summed E-state index contributed by atoms with van der Waals surface area (Å²) in [5.41, 5.74) is 1.64. The number of amides is 1. The Labute approximate surface area is 157 Å². The van der Waals surface area contributed by atoms with Gasteiger partial charge in [0, 0.05) is 25.0 Å². The van der Waals surface area contributed by atoms with Crippen LogP contribution in [-0.2, 0) is 0 Å². The van der Waals surface area contributed by atoms with Gasteiger partial charge in [-0.05, 0) is 36.8 Å². The smallest absolute Gasteiger partial charge is 0.252 e. The van der Waals surface area contributed by atoms with E-state index in [1.165, 1.54) is 12.8 Å². The number of piperidine rings is 1. The van der Waals surface area contributed by atoms with Crippen LogP contribution in [-0.4, -0.2) is 30.5 Å². The molecule has 0 aliphatic carbocycles. The van der Waals surface area contributed by atoms with Crippen LogP contribution in [0.15, 0.2) is 30.3 Å². The third-order valence-corrected chi connectivity index (χ3v) is 5.63. The third kappa shape index (κ3) is 4.17. The number of nitrogens with one attached hydrogen (secondary N) is 1. The highest BCUT2D eigenvalue weighted by Crippen LogP contribution is 2.26. The van der Waals surface area contributed by atoms with Crippen molar-refractivity contribution in [2.45, 2.75) is 46.5 Å². The van der Waals surface area contributed by atoms with Crippen LogP contribution in [0.25, 0.3) is 10.9 Å². The number of rotatable bonds is 6. The van der Waals surface area contributed by atoms with Crippen molar-refractivity contribution in [2.24, 2.45) is 11.8 Å². The van der Waals surface area contributed by atoms with Crippen LogP contribution in [0.5, 0.6) is 0 Å². The van der Waals surface area contributed by atoms with Gasteiger partial charge in [0.1, 0.15) is 5.82 Å². The lowest BCUT2D eigenvalue weighted by Crippen LogP contribution is -2.35. The normalized spacial score (nSPS) is 17.7. The Balaban J connectivity index is 1.91. The summed E-state index contributed by atoms with van der Waals surface area (Å²) in [6.07, 6.45) is 4.63. The molecule has 0 saturated carbocycles. The Morgan fingerprint density at radius 3 is 2.81 bits per heavy atom. The Morgan fingerprint density at radius 2 is 2.08 bits per heavy atom. The molecule has 1 atom stereocenters. The molecule has 26 heavy (non-hydrogen) atoms. The van der Waals surface area contributed by atoms with Crippen LogP contribution < -0.4 is 10.2 Å². The van der Waals surface area contributed by atoms with E-state index in [2.05, 4.69) is 31.0 Å². The molecule has 1 N–H and O–H groups in total. The average molecular weight is 354 g/mol. The summed E-state index contributed by atoms with van der Waals surface area (Å²) in [6.45, 7) is 9.41. The zero-order valence-corrected chi connectivity index (χ0v) is 16.3. The van der Waals surface area contributed by atoms with Crippen LogP contribution in [0, 0.1) is 11.8 Å². The summed E-state index contributed by atoms with van der Waals surface area (Å²) in [5, 5.41) is 4.08. The number of aromatic nitrogens is 1. The lowest BCUT2D eigenvalue weighted by atomic mass is 10.00. The van der Waals surface area contributed by atoms with Crippen molar-refractivity contribution in [3.8, 4) is 0 Å². The highest BCUT2D eigenvalue weighted by Gasteiger charge is 2.21. The van der Waals surface area contributed by atoms with Crippen molar-refractivity contribution >= 4 is 22.6 Å². The Hall–Kier alpha value is -2.10. The van der Waals surface area contributed by atoms with Gasteiger partial charge in [-0.15, -0.1) is 0 Å². The number of carbonyl (C=O) groups is 1. The lowest BCUT2D eigenvalue weighted by Gasteiger charge is -2.32. The molecule has 1 amide bonds. The summed E-state index contributed by atoms with van der Waals surface area (Å²) < 4.78 is 0. The predicted octanol–water partition coefficient (Wildman–Crippen LogP) is 4.64. The molecule has 0 spiro atoms. The van der Waals surface area contributed by atoms with Crippen molar-refractivity contribution < 1.29 is 4.79 Å². The fourth-order valence-corrected chi connectivity index (χ4v) is 3.82. The Bertz CT molecular complexity index is 754. The molecular weight excluding hydrogens is 322 g/mol. The van der Waals surface area contributed by atoms with E-state index in [9.17, 15) is 4.79 Å². The highest BCUT2D eigenvalue weighted by atomic mass is 16.1. The lowest BCUT2D eigenvalue weighted by molar-refractivity contribution is 0.0948. The molecule has 4 heteroatoms. The second-order valence-corrected chi connectivity index (χ2v) is 7.63. The van der Waals surface area contributed by atoms with Gasteiger partial charge in [-0.2, -0.15) is 0 Å². The van der Waals surface area contributed by atoms with Gasteiger partial charge in [0.2, 0.25) is 0 Å². The summed E-state index contributed by atoms with van der Waals surface area (Å²) in [6, 6.07) is 9.96. The fraction of sp³-hybridized carbons (Fsp3) is 0.545. The van der Waals surface area contributed by atoms with Gasteiger partial charge in [0.05, 0.1) is 11.1 Å². The first-order chi connectivity index (χ1) is 12.6. The molecule has 0 unspecified atom stereocenters. The first-order valence-corrected chi connectivity index (χ1v) is 10.0. The number of anilines is 1. The molecule has 2 heterocycles. The maximum absolute atomic E-state index is 12.9. The van der Waals surface area contributed by atoms with Crippen molar-refractivity contribution in [1.29, 1.82) is 0 Å². The first-order valence-electron chi connectivity index (χ1n) is 10.0. The Kier molecular flexibility index (Phi) is 6.12. The molecule has 1 aliphatic rings. The van der Waals surface area contributed by atoms with E-state index in [1.807, 2.05) is 30.3 Å². The summed E-state index contributed by atoms with van der Waals surface area (Å²) in [4.78, 5) is 20.1. The number of carbonyl (C=O) groups excluding carboxylic acids is 1. The molecule has 2 aromatic rings. The van der Waals surface area contributed by atoms with Crippen molar-refractivity contribution in [3.05, 3.63) is 35.9 Å². The van der Waals surface area contributed by atoms with Crippen molar-refractivity contribution in [1.82, 2.24) is 10.3 Å². The molecule has 1 aromatic heterocycles. The zero-order chi connectivity index (χ0) is 18.5. The number of para-hydroxylation sites is 1. The molecule has 1 fully saturated rings. The first kappa shape index (κ1) is 18.7. The molecule has 4 nitrogen and oxygen atoms in total. The van der Waals surface area contributed by atoms with Crippen molar-refractivity contribution in [2.75, 3.05) is 24.5 Å². The fourth-order valence-electron chi connectivity index (χ4n) is 3.82. The highest BCUT2D eigenvalue weighted by molar-refractivity contribution is 6.07. The second-order valence-electron chi connectivity index (χ2n) is 7.63. The van der Waals surface area contributed by atoms with E-state index in [1.54, 1.807) is 0 Å². The van der Waals surface area contributed by atoms with Crippen LogP contribution in [0.4, 0.5) is 5.82 Å². The molecule has 1 aliphatic heterocycles. The van der Waals surface area contributed by atoms with E-state index in [0.29, 0.717) is 11.8 Å². The van der Waals surface area contributed by atoms with Gasteiger partial charge in [0.15, 0.2) is 0 Å². The van der Waals surface area contributed by atoms with Gasteiger partial charge in [-0.3, -0.25) is 4.79 Å². The van der Waals surface area contributed by atoms with E-state index in [-0.39, 0.29) is 5.91 Å². The van der Waals surface area contributed by atoms with Gasteiger partial charge < -0.3 is 10.2 Å². The number of fused-ring (bicyclic) bond motifs is 1. The molecule has 3 rings (SSSR count). The molecule has 140 valence electrons.